The fraction of sp³-hybridized carbons (Fsp3) is 0.278. The smallest absolute Gasteiger partial charge is 0.271 e. The van der Waals surface area contributed by atoms with Crippen LogP contribution in [0.2, 0.25) is 0 Å². The zero-order valence-corrected chi connectivity index (χ0v) is 17.3. The summed E-state index contributed by atoms with van der Waals surface area (Å²) in [5, 5.41) is 4.21. The molecule has 0 amide bonds. The number of aromatic nitrogens is 1. The van der Waals surface area contributed by atoms with Gasteiger partial charge in [-0.3, -0.25) is 4.72 Å². The maximum atomic E-state index is 12.9. The van der Waals surface area contributed by atoms with Gasteiger partial charge in [-0.25, -0.2) is 13.4 Å². The highest BCUT2D eigenvalue weighted by molar-refractivity contribution is 7.94. The van der Waals surface area contributed by atoms with Crippen LogP contribution in [0.25, 0.3) is 10.1 Å². The summed E-state index contributed by atoms with van der Waals surface area (Å²) in [5.74, 6) is 0.859. The molecule has 2 N–H and O–H groups in total. The molecule has 0 radical (unpaired) electrons. The number of nitrogens with zero attached hydrogens (tertiary/aromatic N) is 2. The Morgan fingerprint density at radius 3 is 2.67 bits per heavy atom. The summed E-state index contributed by atoms with van der Waals surface area (Å²) in [6, 6.07) is 11.0. The molecule has 2 aromatic heterocycles. The molecular weight excluding hydrogens is 404 g/mol. The fourth-order valence-corrected chi connectivity index (χ4v) is 5.58. The van der Waals surface area contributed by atoms with Gasteiger partial charge in [0.15, 0.2) is 0 Å². The van der Waals surface area contributed by atoms with Gasteiger partial charge >= 0.3 is 0 Å². The molecule has 3 aromatic rings. The summed E-state index contributed by atoms with van der Waals surface area (Å²) >= 11 is 1.27. The molecule has 1 aromatic carbocycles. The van der Waals surface area contributed by atoms with E-state index in [-0.39, 0.29) is 12.4 Å². The largest absolute Gasteiger partial charge is 0.354 e. The molecule has 0 aliphatic carbocycles. The Labute approximate surface area is 169 Å². The minimum Gasteiger partial charge on any atom is -0.354 e. The van der Waals surface area contributed by atoms with Crippen LogP contribution in [-0.4, -0.2) is 39.6 Å². The number of benzene rings is 1. The molecule has 3 heterocycles. The first-order valence-corrected chi connectivity index (χ1v) is 10.8. The van der Waals surface area contributed by atoms with Gasteiger partial charge in [-0.1, -0.05) is 18.2 Å². The Hall–Kier alpha value is -1.87. The Bertz CT molecular complexity index is 1050. The van der Waals surface area contributed by atoms with E-state index >= 15 is 0 Å². The summed E-state index contributed by atoms with van der Waals surface area (Å²) in [4.78, 5) is 6.72. The number of hydrogen-bond donors (Lipinski definition) is 2. The number of anilines is 2. The van der Waals surface area contributed by atoms with Gasteiger partial charge < -0.3 is 10.2 Å². The zero-order chi connectivity index (χ0) is 18.1. The molecule has 144 valence electrons. The zero-order valence-electron chi connectivity index (χ0n) is 14.8. The van der Waals surface area contributed by atoms with E-state index in [0.29, 0.717) is 9.90 Å². The Morgan fingerprint density at radius 2 is 1.93 bits per heavy atom. The summed E-state index contributed by atoms with van der Waals surface area (Å²) in [5.41, 5.74) is 1.49. The minimum atomic E-state index is -3.64. The average molecular weight is 425 g/mol. The minimum absolute atomic E-state index is 0. The molecule has 1 aliphatic heterocycles. The molecule has 0 bridgehead atoms. The molecule has 6 nitrogen and oxygen atoms in total. The van der Waals surface area contributed by atoms with Gasteiger partial charge in [0.1, 0.15) is 10.0 Å². The lowest BCUT2D eigenvalue weighted by Gasteiger charge is -2.28. The highest BCUT2D eigenvalue weighted by Crippen LogP contribution is 2.35. The second kappa shape index (κ2) is 8.02. The molecule has 0 atom stereocenters. The normalized spacial score (nSPS) is 14.8. The Morgan fingerprint density at radius 1 is 1.19 bits per heavy atom. The van der Waals surface area contributed by atoms with Crippen LogP contribution in [0.1, 0.15) is 5.56 Å². The van der Waals surface area contributed by atoms with Crippen LogP contribution in [0.5, 0.6) is 0 Å². The number of pyridine rings is 1. The number of piperazine rings is 1. The molecule has 0 spiro atoms. The van der Waals surface area contributed by atoms with Crippen molar-refractivity contribution in [1.29, 1.82) is 0 Å². The highest BCUT2D eigenvalue weighted by atomic mass is 35.5. The van der Waals surface area contributed by atoms with E-state index in [4.69, 9.17) is 0 Å². The van der Waals surface area contributed by atoms with Gasteiger partial charge in [-0.05, 0) is 30.7 Å². The van der Waals surface area contributed by atoms with Crippen molar-refractivity contribution < 1.29 is 8.42 Å². The number of hydrogen-bond acceptors (Lipinski definition) is 6. The molecular formula is C18H21ClN4O2S2. The number of halogens is 1. The summed E-state index contributed by atoms with van der Waals surface area (Å²) in [6.07, 6.45) is 1.75. The third-order valence-electron chi connectivity index (χ3n) is 4.47. The van der Waals surface area contributed by atoms with E-state index in [1.807, 2.05) is 31.2 Å². The van der Waals surface area contributed by atoms with Crippen LogP contribution in [0.3, 0.4) is 0 Å². The highest BCUT2D eigenvalue weighted by Gasteiger charge is 2.22. The van der Waals surface area contributed by atoms with Crippen LogP contribution in [0, 0.1) is 6.92 Å². The van der Waals surface area contributed by atoms with Crippen molar-refractivity contribution >= 4 is 55.4 Å². The first-order valence-electron chi connectivity index (χ1n) is 8.47. The van der Waals surface area contributed by atoms with E-state index in [9.17, 15) is 8.42 Å². The van der Waals surface area contributed by atoms with E-state index in [1.54, 1.807) is 18.3 Å². The lowest BCUT2D eigenvalue weighted by molar-refractivity contribution is 0.586. The standard InChI is InChI=1S/C18H20N4O2S2.ClH/c1-13-4-2-3-5-15(13)21-26(23,24)17-12-14-16(25-17)6-7-20-18(14)22-10-8-19-9-11-22;/h2-7,12,19,21H,8-11H2,1H3;1H. The second-order valence-electron chi connectivity index (χ2n) is 6.27. The number of thiophene rings is 1. The van der Waals surface area contributed by atoms with Crippen molar-refractivity contribution in [3.8, 4) is 0 Å². The predicted molar refractivity (Wildman–Crippen MR) is 114 cm³/mol. The van der Waals surface area contributed by atoms with Crippen molar-refractivity contribution in [2.24, 2.45) is 0 Å². The molecule has 9 heteroatoms. The SMILES string of the molecule is Cc1ccccc1NS(=O)(=O)c1cc2c(N3CCNCC3)nccc2s1.Cl. The van der Waals surface area contributed by atoms with Crippen molar-refractivity contribution in [1.82, 2.24) is 10.3 Å². The Balaban J connectivity index is 0.00000210. The lowest BCUT2D eigenvalue weighted by Crippen LogP contribution is -2.43. The number of sulfonamides is 1. The summed E-state index contributed by atoms with van der Waals surface area (Å²) in [6.45, 7) is 5.43. The van der Waals surface area contributed by atoms with Crippen LogP contribution in [0.4, 0.5) is 11.5 Å². The van der Waals surface area contributed by atoms with Gasteiger partial charge in [0, 0.05) is 42.5 Å². The number of para-hydroxylation sites is 1. The van der Waals surface area contributed by atoms with Gasteiger partial charge in [-0.15, -0.1) is 23.7 Å². The molecule has 0 saturated carbocycles. The average Bonchev–Trinajstić information content (AvgIpc) is 3.09. The van der Waals surface area contributed by atoms with Crippen molar-refractivity contribution in [3.63, 3.8) is 0 Å². The van der Waals surface area contributed by atoms with E-state index in [0.717, 1.165) is 47.6 Å². The van der Waals surface area contributed by atoms with Gasteiger partial charge in [0.05, 0.1) is 5.69 Å². The maximum absolute atomic E-state index is 12.9. The van der Waals surface area contributed by atoms with Crippen LogP contribution in [0.15, 0.2) is 46.8 Å². The van der Waals surface area contributed by atoms with Crippen molar-refractivity contribution in [2.45, 2.75) is 11.1 Å². The fourth-order valence-electron chi connectivity index (χ4n) is 3.07. The van der Waals surface area contributed by atoms with Crippen LogP contribution >= 0.6 is 23.7 Å². The van der Waals surface area contributed by atoms with Crippen molar-refractivity contribution in [2.75, 3.05) is 35.8 Å². The number of rotatable bonds is 4. The monoisotopic (exact) mass is 424 g/mol. The summed E-state index contributed by atoms with van der Waals surface area (Å²) < 4.78 is 29.7. The first-order chi connectivity index (χ1) is 12.5. The van der Waals surface area contributed by atoms with Gasteiger partial charge in [0.25, 0.3) is 10.0 Å². The molecule has 1 fully saturated rings. The molecule has 1 aliphatic rings. The summed E-state index contributed by atoms with van der Waals surface area (Å²) in [7, 11) is -3.64. The number of nitrogens with one attached hydrogen (secondary N) is 2. The third kappa shape index (κ3) is 4.03. The topological polar surface area (TPSA) is 74.3 Å². The Kier molecular flexibility index (Phi) is 5.90. The van der Waals surface area contributed by atoms with Gasteiger partial charge in [-0.2, -0.15) is 0 Å². The van der Waals surface area contributed by atoms with Crippen molar-refractivity contribution in [3.05, 3.63) is 48.2 Å². The lowest BCUT2D eigenvalue weighted by atomic mass is 10.2. The first kappa shape index (κ1) is 19.9. The molecule has 27 heavy (non-hydrogen) atoms. The van der Waals surface area contributed by atoms with Crippen LogP contribution in [-0.2, 0) is 10.0 Å². The molecule has 4 rings (SSSR count). The predicted octanol–water partition coefficient (Wildman–Crippen LogP) is 3.24. The van der Waals surface area contributed by atoms with E-state index < -0.39 is 10.0 Å². The third-order valence-corrected chi connectivity index (χ3v) is 7.41. The number of aryl methyl sites for hydroxylation is 1. The van der Waals surface area contributed by atoms with E-state index in [1.165, 1.54) is 11.3 Å². The second-order valence-corrected chi connectivity index (χ2v) is 9.26. The molecule has 0 unspecified atom stereocenters. The quantitative estimate of drug-likeness (QED) is 0.672. The maximum Gasteiger partial charge on any atom is 0.271 e. The van der Waals surface area contributed by atoms with Gasteiger partial charge in [0.2, 0.25) is 0 Å². The number of fused-ring (bicyclic) bond motifs is 1. The van der Waals surface area contributed by atoms with Crippen LogP contribution < -0.4 is 14.9 Å². The van der Waals surface area contributed by atoms with E-state index in [2.05, 4.69) is 19.9 Å². The molecule has 1 saturated heterocycles.